The van der Waals surface area contributed by atoms with E-state index in [9.17, 15) is 25.9 Å². The van der Waals surface area contributed by atoms with E-state index in [4.69, 9.17) is 9.47 Å². The summed E-state index contributed by atoms with van der Waals surface area (Å²) < 4.78 is 78.1. The predicted octanol–water partition coefficient (Wildman–Crippen LogP) is 14.1. The van der Waals surface area contributed by atoms with Gasteiger partial charge in [0.1, 0.15) is 43.2 Å². The van der Waals surface area contributed by atoms with Gasteiger partial charge in [0.2, 0.25) is 0 Å². The van der Waals surface area contributed by atoms with Gasteiger partial charge in [-0.05, 0) is 97.5 Å². The molecule has 8 nitrogen and oxygen atoms in total. The number of hydrogen-bond acceptors (Lipinski definition) is 8. The van der Waals surface area contributed by atoms with Crippen LogP contribution >= 0.6 is 0 Å². The molecule has 4 aromatic rings. The first-order valence-electron chi connectivity index (χ1n) is 22.6. The summed E-state index contributed by atoms with van der Waals surface area (Å²) in [5.41, 5.74) is 2.54. The van der Waals surface area contributed by atoms with Gasteiger partial charge >= 0.3 is 37.7 Å². The number of aryl methyl sites for hydroxylation is 2. The van der Waals surface area contributed by atoms with Crippen molar-refractivity contribution in [1.29, 1.82) is 0 Å². The molecule has 0 aliphatic heterocycles. The van der Waals surface area contributed by atoms with E-state index in [1.54, 1.807) is 12.1 Å². The van der Waals surface area contributed by atoms with Gasteiger partial charge in [-0.1, -0.05) is 179 Å². The third-order valence-corrected chi connectivity index (χ3v) is 12.3. The molecule has 4 aromatic carbocycles. The number of unbranched alkanes of at least 4 members (excludes halogenated alkanes) is 20. The van der Waals surface area contributed by atoms with Crippen LogP contribution < -0.4 is 9.47 Å². The fraction of sp³-hybridized carbons (Fsp3) is 0.520. The van der Waals surface area contributed by atoms with Crippen molar-refractivity contribution < 1.29 is 35.4 Å². The van der Waals surface area contributed by atoms with E-state index in [1.165, 1.54) is 189 Å². The third-order valence-electron chi connectivity index (χ3n) is 10.6. The zero-order valence-electron chi connectivity index (χ0n) is 37.0. The summed E-state index contributed by atoms with van der Waals surface area (Å²) in [6.45, 7) is 4.52. The van der Waals surface area contributed by atoms with Crippen molar-refractivity contribution in [2.24, 2.45) is 0 Å². The Morgan fingerprint density at radius 1 is 0.377 bits per heavy atom. The molecule has 11 heteroatoms. The largest absolute Gasteiger partial charge is 2.00 e. The number of benzene rings is 4. The average molecular weight is 903 g/mol. The summed E-state index contributed by atoms with van der Waals surface area (Å²) in [7, 11) is -8.96. The first-order chi connectivity index (χ1) is 29.0. The Balaban J connectivity index is 0.000000413. The van der Waals surface area contributed by atoms with Crippen molar-refractivity contribution in [3.63, 3.8) is 0 Å². The SMILES string of the molecule is CCCCCCCCCCCCCc1ccc(Oc2cccc(S(=O)(=O)[O-])c2)cc1.CCCCCCCCCCCCCc1ccc(Oc2cccc(S(=O)(=O)[O-])c2)cc1.[Ca+2]. The first-order valence-corrected chi connectivity index (χ1v) is 25.4. The summed E-state index contributed by atoms with van der Waals surface area (Å²) in [5.74, 6) is 1.92. The second-order valence-corrected chi connectivity index (χ2v) is 18.7. The summed E-state index contributed by atoms with van der Waals surface area (Å²) >= 11 is 0. The van der Waals surface area contributed by atoms with Crippen LogP contribution in [0.4, 0.5) is 0 Å². The van der Waals surface area contributed by atoms with Crippen LogP contribution in [0, 0.1) is 0 Å². The van der Waals surface area contributed by atoms with Crippen molar-refractivity contribution in [2.75, 3.05) is 0 Å². The van der Waals surface area contributed by atoms with Crippen LogP contribution in [-0.4, -0.2) is 63.7 Å². The van der Waals surface area contributed by atoms with Crippen LogP contribution in [0.3, 0.4) is 0 Å². The molecule has 0 aliphatic carbocycles. The first kappa shape index (κ1) is 54.7. The number of rotatable bonds is 30. The molecule has 0 aliphatic rings. The molecule has 0 spiro atoms. The monoisotopic (exact) mass is 902 g/mol. The molecule has 0 saturated heterocycles. The predicted molar refractivity (Wildman–Crippen MR) is 248 cm³/mol. The minimum absolute atomic E-state index is 0. The zero-order valence-corrected chi connectivity index (χ0v) is 40.8. The molecular formula is C50H70CaO8S2. The summed E-state index contributed by atoms with van der Waals surface area (Å²) in [6, 6.07) is 27.0. The van der Waals surface area contributed by atoms with E-state index >= 15 is 0 Å². The molecule has 0 radical (unpaired) electrons. The molecular weight excluding hydrogens is 833 g/mol. The van der Waals surface area contributed by atoms with Crippen LogP contribution in [0.5, 0.6) is 23.0 Å². The van der Waals surface area contributed by atoms with Gasteiger partial charge in [-0.25, -0.2) is 16.8 Å². The molecule has 4 rings (SSSR count). The summed E-state index contributed by atoms with van der Waals surface area (Å²) in [6.07, 6.45) is 31.6. The van der Waals surface area contributed by atoms with Gasteiger partial charge in [0, 0.05) is 0 Å². The van der Waals surface area contributed by atoms with Gasteiger partial charge in [0.15, 0.2) is 0 Å². The van der Waals surface area contributed by atoms with Crippen molar-refractivity contribution in [3.05, 3.63) is 108 Å². The van der Waals surface area contributed by atoms with Gasteiger partial charge in [-0.2, -0.15) is 0 Å². The molecule has 0 bridgehead atoms. The zero-order chi connectivity index (χ0) is 43.3. The van der Waals surface area contributed by atoms with Gasteiger partial charge in [0.05, 0.1) is 9.79 Å². The van der Waals surface area contributed by atoms with Gasteiger partial charge in [0.25, 0.3) is 0 Å². The van der Waals surface area contributed by atoms with Crippen LogP contribution in [0.25, 0.3) is 0 Å². The van der Waals surface area contributed by atoms with Crippen molar-refractivity contribution in [2.45, 2.75) is 178 Å². The molecule has 0 saturated carbocycles. The van der Waals surface area contributed by atoms with E-state index in [0.717, 1.165) is 12.8 Å². The number of hydrogen-bond donors (Lipinski definition) is 0. The number of ether oxygens (including phenoxy) is 2. The molecule has 0 heterocycles. The quantitative estimate of drug-likeness (QED) is 0.0287. The van der Waals surface area contributed by atoms with E-state index in [0.29, 0.717) is 23.0 Å². The topological polar surface area (TPSA) is 133 Å². The average Bonchev–Trinajstić information content (AvgIpc) is 3.23. The fourth-order valence-corrected chi connectivity index (χ4v) is 8.11. The summed E-state index contributed by atoms with van der Waals surface area (Å²) in [4.78, 5) is -0.568. The summed E-state index contributed by atoms with van der Waals surface area (Å²) in [5, 5.41) is 0. The Bertz CT molecular complexity index is 1810. The van der Waals surface area contributed by atoms with Crippen molar-refractivity contribution >= 4 is 58.0 Å². The maximum Gasteiger partial charge on any atom is 2.00 e. The second kappa shape index (κ2) is 32.3. The minimum Gasteiger partial charge on any atom is -0.744 e. The van der Waals surface area contributed by atoms with E-state index in [1.807, 2.05) is 48.5 Å². The van der Waals surface area contributed by atoms with Gasteiger partial charge < -0.3 is 18.6 Å². The second-order valence-electron chi connectivity index (χ2n) is 15.9. The van der Waals surface area contributed by atoms with E-state index in [2.05, 4.69) is 13.8 Å². The molecule has 0 fully saturated rings. The van der Waals surface area contributed by atoms with Crippen LogP contribution in [0.15, 0.2) is 107 Å². The van der Waals surface area contributed by atoms with Crippen molar-refractivity contribution in [1.82, 2.24) is 0 Å². The Morgan fingerprint density at radius 3 is 0.934 bits per heavy atom. The third kappa shape index (κ3) is 25.4. The molecule has 0 atom stereocenters. The Hall–Kier alpha value is -2.44. The Labute approximate surface area is 399 Å². The Morgan fingerprint density at radius 2 is 0.656 bits per heavy atom. The molecule has 332 valence electrons. The normalized spacial score (nSPS) is 11.3. The van der Waals surface area contributed by atoms with Gasteiger partial charge in [-0.3, -0.25) is 0 Å². The minimum atomic E-state index is -4.48. The van der Waals surface area contributed by atoms with Gasteiger partial charge in [-0.15, -0.1) is 0 Å². The standard InChI is InChI=1S/2C25H36O4S.Ca/c2*1-2-3-4-5-6-7-8-9-10-11-12-14-22-17-19-23(20-18-22)29-24-15-13-16-25(21-24)30(26,27)28;/h2*13,15-21H,2-12,14H2,1H3,(H,26,27,28);/q;;+2/p-2. The maximum absolute atomic E-state index is 11.1. The van der Waals surface area contributed by atoms with Crippen molar-refractivity contribution in [3.8, 4) is 23.0 Å². The molecule has 0 aromatic heterocycles. The van der Waals surface area contributed by atoms with Crippen LogP contribution in [0.2, 0.25) is 0 Å². The maximum atomic E-state index is 11.1. The molecule has 0 N–H and O–H groups in total. The molecule has 0 unspecified atom stereocenters. The van der Waals surface area contributed by atoms with Crippen LogP contribution in [-0.2, 0) is 33.1 Å². The molecule has 0 amide bonds. The van der Waals surface area contributed by atoms with E-state index in [-0.39, 0.29) is 47.5 Å². The fourth-order valence-electron chi connectivity index (χ4n) is 7.09. The smallest absolute Gasteiger partial charge is 0.744 e. The molecule has 61 heavy (non-hydrogen) atoms. The van der Waals surface area contributed by atoms with E-state index < -0.39 is 20.2 Å². The van der Waals surface area contributed by atoms with Crippen LogP contribution in [0.1, 0.15) is 166 Å². The Kier molecular flexibility index (Phi) is 28.9.